The van der Waals surface area contributed by atoms with E-state index in [0.29, 0.717) is 5.11 Å². The Kier molecular flexibility index (Phi) is 5.58. The summed E-state index contributed by atoms with van der Waals surface area (Å²) in [4.78, 5) is 2.02. The molecule has 4 nitrogen and oxygen atoms in total. The van der Waals surface area contributed by atoms with Crippen LogP contribution in [0.5, 0.6) is 11.5 Å². The van der Waals surface area contributed by atoms with Crippen molar-refractivity contribution in [1.29, 1.82) is 0 Å². The van der Waals surface area contributed by atoms with Gasteiger partial charge in [0.25, 0.3) is 0 Å². The van der Waals surface area contributed by atoms with Gasteiger partial charge in [-0.15, -0.1) is 0 Å². The number of fused-ring (bicyclic) bond motifs is 1. The van der Waals surface area contributed by atoms with Crippen LogP contribution in [0, 0.1) is 0 Å². The molecule has 5 heteroatoms. The summed E-state index contributed by atoms with van der Waals surface area (Å²) in [6.07, 6.45) is 0. The van der Waals surface area contributed by atoms with Gasteiger partial charge in [-0.2, -0.15) is 0 Å². The number of methoxy groups -OCH3 is 2. The van der Waals surface area contributed by atoms with Gasteiger partial charge < -0.3 is 19.7 Å². The van der Waals surface area contributed by atoms with Gasteiger partial charge >= 0.3 is 0 Å². The van der Waals surface area contributed by atoms with Gasteiger partial charge in [-0.05, 0) is 71.0 Å². The third kappa shape index (κ3) is 4.24. The standard InChI is InChI=1S/C21H22N2O2S/c1-23(21(26)22-18-7-10-19(24-2)11-8-18)14-15-4-5-17-13-20(25-3)9-6-16(17)12-15/h4-13H,14H2,1-3H3,(H,22,26). The number of anilines is 1. The maximum atomic E-state index is 5.51. The molecular formula is C21H22N2O2S. The number of nitrogens with one attached hydrogen (secondary N) is 1. The fourth-order valence-electron chi connectivity index (χ4n) is 2.74. The van der Waals surface area contributed by atoms with Crippen molar-refractivity contribution in [3.63, 3.8) is 0 Å². The molecule has 0 amide bonds. The Labute approximate surface area is 159 Å². The predicted octanol–water partition coefficient (Wildman–Crippen LogP) is 4.69. The summed E-state index contributed by atoms with van der Waals surface area (Å²) in [5.41, 5.74) is 2.14. The minimum absolute atomic E-state index is 0.671. The number of ether oxygens (including phenoxy) is 2. The second kappa shape index (κ2) is 8.06. The van der Waals surface area contributed by atoms with Gasteiger partial charge in [-0.3, -0.25) is 0 Å². The first-order chi connectivity index (χ1) is 12.6. The number of hydrogen-bond donors (Lipinski definition) is 1. The smallest absolute Gasteiger partial charge is 0.173 e. The second-order valence-electron chi connectivity index (χ2n) is 6.06. The molecule has 0 spiro atoms. The molecule has 0 aromatic heterocycles. The Morgan fingerprint density at radius 3 is 2.19 bits per heavy atom. The van der Waals surface area contributed by atoms with Crippen LogP contribution in [-0.2, 0) is 6.54 Å². The molecule has 0 bridgehead atoms. The number of benzene rings is 3. The van der Waals surface area contributed by atoms with E-state index in [1.54, 1.807) is 14.2 Å². The molecule has 134 valence electrons. The van der Waals surface area contributed by atoms with Crippen molar-refractivity contribution < 1.29 is 9.47 Å². The van der Waals surface area contributed by atoms with Crippen molar-refractivity contribution in [2.45, 2.75) is 6.54 Å². The van der Waals surface area contributed by atoms with E-state index in [2.05, 4.69) is 29.6 Å². The zero-order valence-electron chi connectivity index (χ0n) is 15.2. The van der Waals surface area contributed by atoms with Gasteiger partial charge in [0.05, 0.1) is 14.2 Å². The van der Waals surface area contributed by atoms with Crippen LogP contribution in [0.25, 0.3) is 10.8 Å². The maximum absolute atomic E-state index is 5.51. The van der Waals surface area contributed by atoms with Crippen molar-refractivity contribution in [3.8, 4) is 11.5 Å². The van der Waals surface area contributed by atoms with Gasteiger partial charge in [0.1, 0.15) is 11.5 Å². The molecule has 0 heterocycles. The van der Waals surface area contributed by atoms with E-state index in [1.165, 1.54) is 10.9 Å². The fourth-order valence-corrected chi connectivity index (χ4v) is 2.92. The van der Waals surface area contributed by atoms with E-state index in [9.17, 15) is 0 Å². The summed E-state index contributed by atoms with van der Waals surface area (Å²) in [7, 11) is 5.32. The number of thiocarbonyl (C=S) groups is 1. The molecule has 0 fully saturated rings. The number of rotatable bonds is 5. The molecular weight excluding hydrogens is 344 g/mol. The molecule has 26 heavy (non-hydrogen) atoms. The summed E-state index contributed by atoms with van der Waals surface area (Å²) >= 11 is 5.51. The molecule has 0 unspecified atom stereocenters. The van der Waals surface area contributed by atoms with E-state index in [4.69, 9.17) is 21.7 Å². The van der Waals surface area contributed by atoms with Gasteiger partial charge in [0.15, 0.2) is 5.11 Å². The highest BCUT2D eigenvalue weighted by atomic mass is 32.1. The van der Waals surface area contributed by atoms with Crippen LogP contribution < -0.4 is 14.8 Å². The van der Waals surface area contributed by atoms with Crippen molar-refractivity contribution in [3.05, 3.63) is 66.2 Å². The van der Waals surface area contributed by atoms with Gasteiger partial charge in [0.2, 0.25) is 0 Å². The van der Waals surface area contributed by atoms with Crippen LogP contribution in [0.2, 0.25) is 0 Å². The molecule has 0 aliphatic carbocycles. The van der Waals surface area contributed by atoms with Crippen LogP contribution >= 0.6 is 12.2 Å². The van der Waals surface area contributed by atoms with E-state index < -0.39 is 0 Å². The van der Waals surface area contributed by atoms with Crippen molar-refractivity contribution in [1.82, 2.24) is 4.90 Å². The van der Waals surface area contributed by atoms with Crippen LogP contribution in [0.4, 0.5) is 5.69 Å². The summed E-state index contributed by atoms with van der Waals surface area (Å²) in [5.74, 6) is 1.69. The quantitative estimate of drug-likeness (QED) is 0.663. The SMILES string of the molecule is COc1ccc(NC(=S)N(C)Cc2ccc3cc(OC)ccc3c2)cc1. The first-order valence-electron chi connectivity index (χ1n) is 8.32. The third-order valence-corrected chi connectivity index (χ3v) is 4.63. The van der Waals surface area contributed by atoms with Crippen LogP contribution in [-0.4, -0.2) is 31.3 Å². The molecule has 0 saturated carbocycles. The molecule has 0 atom stereocenters. The van der Waals surface area contributed by atoms with Gasteiger partial charge in [-0.1, -0.05) is 18.2 Å². The molecule has 0 saturated heterocycles. The fraction of sp³-hybridized carbons (Fsp3) is 0.190. The molecule has 0 aliphatic heterocycles. The van der Waals surface area contributed by atoms with E-state index in [-0.39, 0.29) is 0 Å². The zero-order chi connectivity index (χ0) is 18.5. The average Bonchev–Trinajstić information content (AvgIpc) is 2.68. The monoisotopic (exact) mass is 366 g/mol. The van der Waals surface area contributed by atoms with E-state index in [1.807, 2.05) is 48.3 Å². The molecule has 3 aromatic carbocycles. The van der Waals surface area contributed by atoms with Crippen molar-refractivity contribution in [2.75, 3.05) is 26.6 Å². The van der Waals surface area contributed by atoms with Crippen LogP contribution in [0.1, 0.15) is 5.56 Å². The van der Waals surface area contributed by atoms with Crippen molar-refractivity contribution in [2.24, 2.45) is 0 Å². The Hall–Kier alpha value is -2.79. The molecule has 3 aromatic rings. The van der Waals surface area contributed by atoms with E-state index >= 15 is 0 Å². The normalized spacial score (nSPS) is 10.4. The summed E-state index contributed by atoms with van der Waals surface area (Å²) < 4.78 is 10.4. The lowest BCUT2D eigenvalue weighted by Crippen LogP contribution is -2.30. The highest BCUT2D eigenvalue weighted by Crippen LogP contribution is 2.22. The minimum atomic E-state index is 0.671. The summed E-state index contributed by atoms with van der Waals surface area (Å²) in [5, 5.41) is 6.27. The second-order valence-corrected chi connectivity index (χ2v) is 6.45. The lowest BCUT2D eigenvalue weighted by atomic mass is 10.1. The topological polar surface area (TPSA) is 33.7 Å². The van der Waals surface area contributed by atoms with Crippen molar-refractivity contribution >= 4 is 33.8 Å². The highest BCUT2D eigenvalue weighted by Gasteiger charge is 2.07. The predicted molar refractivity (Wildman–Crippen MR) is 111 cm³/mol. The number of nitrogens with zero attached hydrogens (tertiary/aromatic N) is 1. The minimum Gasteiger partial charge on any atom is -0.497 e. The Bertz CT molecular complexity index is 910. The number of hydrogen-bond acceptors (Lipinski definition) is 3. The van der Waals surface area contributed by atoms with Crippen LogP contribution in [0.15, 0.2) is 60.7 Å². The molecule has 0 aliphatic rings. The molecule has 3 rings (SSSR count). The molecule has 0 radical (unpaired) electrons. The van der Waals surface area contributed by atoms with Gasteiger partial charge in [0, 0.05) is 19.3 Å². The van der Waals surface area contributed by atoms with Gasteiger partial charge in [-0.25, -0.2) is 0 Å². The molecule has 1 N–H and O–H groups in total. The first kappa shape index (κ1) is 18.0. The largest absolute Gasteiger partial charge is 0.497 e. The lowest BCUT2D eigenvalue weighted by Gasteiger charge is -2.21. The average molecular weight is 366 g/mol. The third-order valence-electron chi connectivity index (χ3n) is 4.22. The Morgan fingerprint density at radius 2 is 1.50 bits per heavy atom. The lowest BCUT2D eigenvalue weighted by molar-refractivity contribution is 0.415. The highest BCUT2D eigenvalue weighted by molar-refractivity contribution is 7.80. The summed E-state index contributed by atoms with van der Waals surface area (Å²) in [6.45, 7) is 0.726. The zero-order valence-corrected chi connectivity index (χ0v) is 16.0. The first-order valence-corrected chi connectivity index (χ1v) is 8.73. The Morgan fingerprint density at radius 1 is 0.885 bits per heavy atom. The van der Waals surface area contributed by atoms with Crippen LogP contribution in [0.3, 0.4) is 0 Å². The maximum Gasteiger partial charge on any atom is 0.173 e. The Balaban J connectivity index is 1.67. The summed E-state index contributed by atoms with van der Waals surface area (Å²) in [6, 6.07) is 20.2. The van der Waals surface area contributed by atoms with E-state index in [0.717, 1.165) is 29.1 Å².